The van der Waals surface area contributed by atoms with E-state index in [1.54, 1.807) is 0 Å². The summed E-state index contributed by atoms with van der Waals surface area (Å²) in [6, 6.07) is -0.658. The van der Waals surface area contributed by atoms with Gasteiger partial charge in [0.05, 0.1) is 24.9 Å². The van der Waals surface area contributed by atoms with Gasteiger partial charge in [-0.3, -0.25) is 9.69 Å². The van der Waals surface area contributed by atoms with Crippen LogP contribution < -0.4 is 0 Å². The Bertz CT molecular complexity index is 270. The van der Waals surface area contributed by atoms with Crippen LogP contribution in [-0.4, -0.2) is 68.2 Å². The lowest BCUT2D eigenvalue weighted by molar-refractivity contribution is -0.148. The van der Waals surface area contributed by atoms with E-state index in [-0.39, 0.29) is 13.0 Å². The summed E-state index contributed by atoms with van der Waals surface area (Å²) >= 11 is 0. The summed E-state index contributed by atoms with van der Waals surface area (Å²) in [5, 5.41) is 36.8. The molecule has 1 unspecified atom stereocenters. The number of carboxylic acids is 1. The summed E-state index contributed by atoms with van der Waals surface area (Å²) in [5.41, 5.74) is -1.05. The summed E-state index contributed by atoms with van der Waals surface area (Å²) < 4.78 is 0. The largest absolute Gasteiger partial charge is 0.480 e. The van der Waals surface area contributed by atoms with Gasteiger partial charge in [0.2, 0.25) is 0 Å². The molecule has 6 heteroatoms. The molecule has 2 saturated heterocycles. The van der Waals surface area contributed by atoms with Crippen molar-refractivity contribution in [3.63, 3.8) is 0 Å². The van der Waals surface area contributed by atoms with Gasteiger partial charge in [0, 0.05) is 13.0 Å². The minimum atomic E-state index is -1.07. The third-order valence-electron chi connectivity index (χ3n) is 3.20. The van der Waals surface area contributed by atoms with Crippen molar-refractivity contribution in [2.24, 2.45) is 0 Å². The third-order valence-corrected chi connectivity index (χ3v) is 3.20. The number of aliphatic carboxylic acids is 1. The minimum Gasteiger partial charge on any atom is -0.480 e. The fourth-order valence-corrected chi connectivity index (χ4v) is 2.25. The molecule has 80 valence electrons. The van der Waals surface area contributed by atoms with E-state index in [2.05, 4.69) is 0 Å². The van der Waals surface area contributed by atoms with Gasteiger partial charge in [-0.25, -0.2) is 0 Å². The highest BCUT2D eigenvalue weighted by Gasteiger charge is 2.66. The fourth-order valence-electron chi connectivity index (χ4n) is 2.25. The molecule has 0 bridgehead atoms. The van der Waals surface area contributed by atoms with E-state index < -0.39 is 29.8 Å². The van der Waals surface area contributed by atoms with E-state index in [0.29, 0.717) is 6.54 Å². The van der Waals surface area contributed by atoms with Crippen LogP contribution in [0.4, 0.5) is 0 Å². The number of rotatable bonds is 2. The second kappa shape index (κ2) is 2.90. The Morgan fingerprint density at radius 2 is 2.14 bits per heavy atom. The van der Waals surface area contributed by atoms with Gasteiger partial charge in [0.15, 0.2) is 0 Å². The lowest BCUT2D eigenvalue weighted by Gasteiger charge is -2.34. The number of hydrogen-bond acceptors (Lipinski definition) is 5. The average molecular weight is 203 g/mol. The van der Waals surface area contributed by atoms with Crippen molar-refractivity contribution >= 4 is 5.97 Å². The van der Waals surface area contributed by atoms with Gasteiger partial charge < -0.3 is 20.4 Å². The Kier molecular flexibility index (Phi) is 2.04. The van der Waals surface area contributed by atoms with Crippen LogP contribution in [0.15, 0.2) is 0 Å². The molecule has 0 spiro atoms. The molecule has 0 amide bonds. The zero-order valence-electron chi connectivity index (χ0n) is 7.50. The number of fused-ring (bicyclic) bond motifs is 1. The van der Waals surface area contributed by atoms with E-state index in [4.69, 9.17) is 10.2 Å². The molecule has 2 aliphatic rings. The first kappa shape index (κ1) is 9.85. The van der Waals surface area contributed by atoms with Gasteiger partial charge in [-0.2, -0.15) is 0 Å². The maximum atomic E-state index is 10.9. The highest BCUT2D eigenvalue weighted by Crippen LogP contribution is 2.44. The first-order chi connectivity index (χ1) is 6.53. The van der Waals surface area contributed by atoms with Gasteiger partial charge >= 0.3 is 5.97 Å². The van der Waals surface area contributed by atoms with Crippen LogP contribution in [0, 0.1) is 0 Å². The summed E-state index contributed by atoms with van der Waals surface area (Å²) in [6.45, 7) is -0.0467. The molecule has 6 nitrogen and oxygen atoms in total. The number of carboxylic acid groups (broad SMARTS) is 1. The van der Waals surface area contributed by atoms with Gasteiger partial charge in [-0.05, 0) is 0 Å². The van der Waals surface area contributed by atoms with Gasteiger partial charge in [-0.15, -0.1) is 0 Å². The van der Waals surface area contributed by atoms with Crippen molar-refractivity contribution in [1.29, 1.82) is 0 Å². The van der Waals surface area contributed by atoms with Crippen molar-refractivity contribution < 1.29 is 25.2 Å². The summed E-state index contributed by atoms with van der Waals surface area (Å²) in [7, 11) is 0. The first-order valence-corrected chi connectivity index (χ1v) is 4.50. The SMILES string of the molecule is O=C(O)[C@]12C[C@H](O)[C@H](O)[C@@H](CO)N1C2. The lowest BCUT2D eigenvalue weighted by atomic mass is 9.91. The molecule has 0 aromatic carbocycles. The Morgan fingerprint density at radius 3 is 2.64 bits per heavy atom. The normalized spacial score (nSPS) is 51.1. The molecule has 0 aliphatic carbocycles. The van der Waals surface area contributed by atoms with Crippen LogP contribution >= 0.6 is 0 Å². The number of aliphatic hydroxyl groups excluding tert-OH is 3. The molecule has 2 heterocycles. The van der Waals surface area contributed by atoms with Crippen LogP contribution in [0.5, 0.6) is 0 Å². The molecule has 14 heavy (non-hydrogen) atoms. The van der Waals surface area contributed by atoms with Gasteiger partial charge in [0.1, 0.15) is 5.54 Å². The molecule has 2 aliphatic heterocycles. The molecule has 0 radical (unpaired) electrons. The van der Waals surface area contributed by atoms with Crippen molar-refractivity contribution in [2.75, 3.05) is 13.2 Å². The second-order valence-corrected chi connectivity index (χ2v) is 3.98. The summed E-state index contributed by atoms with van der Waals surface area (Å²) in [5.74, 6) is -0.998. The zero-order chi connectivity index (χ0) is 10.5. The van der Waals surface area contributed by atoms with Gasteiger partial charge in [0.25, 0.3) is 0 Å². The van der Waals surface area contributed by atoms with Gasteiger partial charge in [-0.1, -0.05) is 0 Å². The first-order valence-electron chi connectivity index (χ1n) is 4.50. The highest BCUT2D eigenvalue weighted by atomic mass is 16.4. The summed E-state index contributed by atoms with van der Waals surface area (Å²) in [4.78, 5) is 12.4. The van der Waals surface area contributed by atoms with E-state index in [9.17, 15) is 15.0 Å². The minimum absolute atomic E-state index is 0.0278. The Labute approximate surface area is 80.4 Å². The Hall–Kier alpha value is -0.690. The maximum Gasteiger partial charge on any atom is 0.325 e. The molecule has 5 atom stereocenters. The van der Waals surface area contributed by atoms with Crippen molar-refractivity contribution in [2.45, 2.75) is 30.2 Å². The number of aliphatic hydroxyl groups is 3. The van der Waals surface area contributed by atoms with Crippen molar-refractivity contribution in [3.8, 4) is 0 Å². The molecular formula is C8H13NO5. The fraction of sp³-hybridized carbons (Fsp3) is 0.875. The number of hydrogen-bond donors (Lipinski definition) is 4. The van der Waals surface area contributed by atoms with Crippen molar-refractivity contribution in [1.82, 2.24) is 4.90 Å². The Balaban J connectivity index is 2.20. The third kappa shape index (κ3) is 1.08. The number of carbonyl (C=O) groups is 1. The molecular weight excluding hydrogens is 190 g/mol. The summed E-state index contributed by atoms with van der Waals surface area (Å²) in [6.07, 6.45) is -2.10. The monoisotopic (exact) mass is 203 g/mol. The quantitative estimate of drug-likeness (QED) is 0.374. The maximum absolute atomic E-state index is 10.9. The average Bonchev–Trinajstić information content (AvgIpc) is 2.82. The standard InChI is InChI=1S/C8H13NO5/c10-2-4-6(12)5(11)1-8(7(13)14)3-9(4)8/h4-6,10-12H,1-3H2,(H,13,14)/t4-,5+,6-,8-,9?/m1/s1. The molecule has 0 saturated carbocycles. The Morgan fingerprint density at radius 1 is 1.50 bits per heavy atom. The highest BCUT2D eigenvalue weighted by molar-refractivity contribution is 5.83. The van der Waals surface area contributed by atoms with Crippen molar-refractivity contribution in [3.05, 3.63) is 0 Å². The smallest absolute Gasteiger partial charge is 0.325 e. The molecule has 4 N–H and O–H groups in total. The predicted molar refractivity (Wildman–Crippen MR) is 44.6 cm³/mol. The lowest BCUT2D eigenvalue weighted by Crippen LogP contribution is -2.54. The van der Waals surface area contributed by atoms with E-state index in [1.807, 2.05) is 0 Å². The predicted octanol–water partition coefficient (Wildman–Crippen LogP) is -2.39. The molecule has 0 aromatic rings. The van der Waals surface area contributed by atoms with E-state index >= 15 is 0 Å². The van der Waals surface area contributed by atoms with Crippen LogP contribution in [-0.2, 0) is 4.79 Å². The topological polar surface area (TPSA) is 101 Å². The zero-order valence-corrected chi connectivity index (χ0v) is 7.50. The number of nitrogens with zero attached hydrogens (tertiary/aromatic N) is 1. The van der Waals surface area contributed by atoms with Crippen LogP contribution in [0.3, 0.4) is 0 Å². The second-order valence-electron chi connectivity index (χ2n) is 3.98. The van der Waals surface area contributed by atoms with Crippen LogP contribution in [0.2, 0.25) is 0 Å². The molecule has 0 aromatic heterocycles. The van der Waals surface area contributed by atoms with Crippen LogP contribution in [0.25, 0.3) is 0 Å². The van der Waals surface area contributed by atoms with E-state index in [0.717, 1.165) is 0 Å². The molecule has 2 rings (SSSR count). The number of piperidine rings is 1. The van der Waals surface area contributed by atoms with E-state index in [1.165, 1.54) is 4.90 Å². The molecule has 2 fully saturated rings. The van der Waals surface area contributed by atoms with Crippen LogP contribution in [0.1, 0.15) is 6.42 Å².